The van der Waals surface area contributed by atoms with Crippen molar-refractivity contribution < 1.29 is 28.0 Å². The second-order valence-electron chi connectivity index (χ2n) is 15.5. The van der Waals surface area contributed by atoms with E-state index in [0.717, 1.165) is 48.8 Å². The summed E-state index contributed by atoms with van der Waals surface area (Å²) >= 11 is 0. The van der Waals surface area contributed by atoms with Gasteiger partial charge < -0.3 is 38.6 Å². The number of aromatic amines is 1. The second-order valence-corrected chi connectivity index (χ2v) is 16.9. The van der Waals surface area contributed by atoms with Crippen molar-refractivity contribution in [2.24, 2.45) is 11.7 Å². The number of nitrogens with two attached hydrogens (primary N) is 1. The SMILES string of the molecule is [C-]#[N+]CCOP(O[C@@H]1C(CCCCCCCN)[C@H](n2ccc(=O)[nH]c2=O)O[C@@H]1COC(c1ccccc1)(c1ccc(OC)cc1)c1ccc(OC)cc1)N(C(C)C)C(C)C. The maximum Gasteiger partial charge on any atom is 0.330 e. The molecule has 0 bridgehead atoms. The molecule has 0 aliphatic carbocycles. The van der Waals surface area contributed by atoms with E-state index >= 15 is 0 Å². The second kappa shape index (κ2) is 23.0. The number of benzene rings is 3. The van der Waals surface area contributed by atoms with Gasteiger partial charge in [0.25, 0.3) is 14.1 Å². The van der Waals surface area contributed by atoms with Crippen LogP contribution < -0.4 is 26.5 Å². The lowest BCUT2D eigenvalue weighted by molar-refractivity contribution is -0.0933. The molecule has 3 N–H and O–H groups in total. The normalized spacial score (nSPS) is 18.6. The van der Waals surface area contributed by atoms with Gasteiger partial charge in [-0.25, -0.2) is 16.0 Å². The molecule has 2 unspecified atom stereocenters. The van der Waals surface area contributed by atoms with Crippen LogP contribution in [0.4, 0.5) is 0 Å². The molecule has 1 aliphatic rings. The topological polar surface area (TPSA) is 144 Å². The molecule has 5 rings (SSSR count). The molecule has 13 nitrogen and oxygen atoms in total. The van der Waals surface area contributed by atoms with E-state index in [1.807, 2.05) is 78.9 Å². The number of methoxy groups -OCH3 is 2. The summed E-state index contributed by atoms with van der Waals surface area (Å²) in [6, 6.07) is 27.2. The van der Waals surface area contributed by atoms with Crippen LogP contribution >= 0.6 is 8.53 Å². The Hall–Kier alpha value is -4.38. The minimum atomic E-state index is -1.72. The molecular formula is C46H62N5O8P. The monoisotopic (exact) mass is 843 g/mol. The first-order chi connectivity index (χ1) is 29.1. The lowest BCUT2D eigenvalue weighted by Crippen LogP contribution is -2.41. The third-order valence-corrected chi connectivity index (χ3v) is 13.0. The van der Waals surface area contributed by atoms with Crippen molar-refractivity contribution in [3.63, 3.8) is 0 Å². The Labute approximate surface area is 355 Å². The first kappa shape index (κ1) is 46.7. The number of ether oxygens (including phenoxy) is 4. The number of aromatic nitrogens is 2. The van der Waals surface area contributed by atoms with Gasteiger partial charge in [0.05, 0.1) is 20.8 Å². The van der Waals surface area contributed by atoms with E-state index in [-0.39, 0.29) is 37.8 Å². The van der Waals surface area contributed by atoms with Crippen LogP contribution in [-0.2, 0) is 24.1 Å². The fourth-order valence-corrected chi connectivity index (χ4v) is 9.81. The van der Waals surface area contributed by atoms with Gasteiger partial charge in [-0.2, -0.15) is 0 Å². The quantitative estimate of drug-likeness (QED) is 0.0308. The number of nitrogens with one attached hydrogen (secondary N) is 1. The summed E-state index contributed by atoms with van der Waals surface area (Å²) in [5, 5.41) is 0. The molecule has 0 radical (unpaired) electrons. The lowest BCUT2D eigenvalue weighted by atomic mass is 9.80. The molecule has 324 valence electrons. The summed E-state index contributed by atoms with van der Waals surface area (Å²) in [5.41, 5.74) is 6.16. The molecule has 1 aromatic heterocycles. The smallest absolute Gasteiger partial charge is 0.330 e. The van der Waals surface area contributed by atoms with Crippen molar-refractivity contribution in [2.75, 3.05) is 40.5 Å². The molecule has 60 heavy (non-hydrogen) atoms. The predicted octanol–water partition coefficient (Wildman–Crippen LogP) is 8.04. The first-order valence-electron chi connectivity index (χ1n) is 20.9. The Morgan fingerprint density at radius 2 is 1.43 bits per heavy atom. The summed E-state index contributed by atoms with van der Waals surface area (Å²) in [7, 11) is 1.55. The summed E-state index contributed by atoms with van der Waals surface area (Å²) in [6.07, 6.45) is 4.85. The molecule has 14 heteroatoms. The van der Waals surface area contributed by atoms with Crippen LogP contribution in [0.25, 0.3) is 4.85 Å². The maximum atomic E-state index is 13.6. The zero-order valence-corrected chi connectivity index (χ0v) is 36.7. The average Bonchev–Trinajstić information content (AvgIpc) is 3.58. The van der Waals surface area contributed by atoms with Gasteiger partial charge >= 0.3 is 5.69 Å². The molecule has 5 atom stereocenters. The van der Waals surface area contributed by atoms with E-state index in [2.05, 4.69) is 42.2 Å². The van der Waals surface area contributed by atoms with Gasteiger partial charge in [-0.05, 0) is 88.0 Å². The van der Waals surface area contributed by atoms with Crippen LogP contribution in [0.3, 0.4) is 0 Å². The van der Waals surface area contributed by atoms with Crippen LogP contribution in [0.15, 0.2) is 101 Å². The van der Waals surface area contributed by atoms with Gasteiger partial charge in [0.1, 0.15) is 42.1 Å². The molecule has 0 amide bonds. The highest BCUT2D eigenvalue weighted by atomic mass is 31.2. The largest absolute Gasteiger partial charge is 0.497 e. The van der Waals surface area contributed by atoms with Gasteiger partial charge in [0.2, 0.25) is 6.54 Å². The van der Waals surface area contributed by atoms with Gasteiger partial charge in [0.15, 0.2) is 0 Å². The Kier molecular flexibility index (Phi) is 17.9. The number of rotatable bonds is 24. The van der Waals surface area contributed by atoms with E-state index in [1.165, 1.54) is 16.8 Å². The molecule has 1 fully saturated rings. The fraction of sp³-hybridized carbons (Fsp3) is 0.500. The molecular weight excluding hydrogens is 782 g/mol. The summed E-state index contributed by atoms with van der Waals surface area (Å²) in [4.78, 5) is 31.9. The molecule has 4 aromatic rings. The van der Waals surface area contributed by atoms with Crippen molar-refractivity contribution >= 4 is 8.53 Å². The van der Waals surface area contributed by atoms with Crippen molar-refractivity contribution in [2.45, 2.75) is 102 Å². The number of H-pyrrole nitrogens is 1. The first-order valence-corrected chi connectivity index (χ1v) is 22.1. The molecule has 2 heterocycles. The Morgan fingerprint density at radius 1 is 0.850 bits per heavy atom. The predicted molar refractivity (Wildman–Crippen MR) is 235 cm³/mol. The van der Waals surface area contributed by atoms with Crippen molar-refractivity contribution in [1.82, 2.24) is 14.2 Å². The summed E-state index contributed by atoms with van der Waals surface area (Å²) < 4.78 is 42.9. The third-order valence-electron chi connectivity index (χ3n) is 10.8. The highest BCUT2D eigenvalue weighted by molar-refractivity contribution is 7.44. The van der Waals surface area contributed by atoms with Gasteiger partial charge in [-0.15, -0.1) is 0 Å². The third kappa shape index (κ3) is 11.5. The van der Waals surface area contributed by atoms with E-state index in [0.29, 0.717) is 24.5 Å². The maximum absolute atomic E-state index is 13.6. The summed E-state index contributed by atoms with van der Waals surface area (Å²) in [6.45, 7) is 16.9. The Morgan fingerprint density at radius 3 is 1.98 bits per heavy atom. The standard InChI is InChI=1S/C46H62N5O8P/c1-33(2)51(34(3)4)60(57-31-29-48-5)59-43-40(18-14-9-8-10-15-28-47)44(50-30-27-42(52)49-45(50)53)58-41(43)32-56-46(35-16-12-11-13-17-35,36-19-23-38(54-6)24-20-36)37-21-25-39(55-7)26-22-37/h11-13,16-17,19-27,30,33-34,40-41,43-44H,8-10,14-15,18,28-29,31-32,47H2,1-4,6-7H3,(H,49,52,53)/t40?,41-,43-,44-,60?/m1/s1. The van der Waals surface area contributed by atoms with Crippen LogP contribution in [0.1, 0.15) is 89.1 Å². The van der Waals surface area contributed by atoms with Crippen LogP contribution in [-0.4, -0.2) is 79.0 Å². The zero-order valence-electron chi connectivity index (χ0n) is 35.8. The molecule has 1 aliphatic heterocycles. The van der Waals surface area contributed by atoms with Crippen LogP contribution in [0, 0.1) is 12.5 Å². The number of nitrogens with zero attached hydrogens (tertiary/aromatic N) is 3. The van der Waals surface area contributed by atoms with Crippen molar-refractivity contribution in [1.29, 1.82) is 0 Å². The van der Waals surface area contributed by atoms with Gasteiger partial charge in [-0.1, -0.05) is 80.3 Å². The number of hydrogen-bond acceptors (Lipinski definition) is 10. The minimum absolute atomic E-state index is 0.0355. The molecule has 1 saturated heterocycles. The van der Waals surface area contributed by atoms with E-state index < -0.39 is 43.8 Å². The van der Waals surface area contributed by atoms with Crippen LogP contribution in [0.2, 0.25) is 0 Å². The van der Waals surface area contributed by atoms with Crippen LogP contribution in [0.5, 0.6) is 11.5 Å². The van der Waals surface area contributed by atoms with Crippen molar-refractivity contribution in [3.05, 3.63) is 140 Å². The molecule has 0 saturated carbocycles. The van der Waals surface area contributed by atoms with E-state index in [9.17, 15) is 9.59 Å². The molecule has 3 aromatic carbocycles. The lowest BCUT2D eigenvalue weighted by Gasteiger charge is -2.39. The fourth-order valence-electron chi connectivity index (χ4n) is 8.01. The summed E-state index contributed by atoms with van der Waals surface area (Å²) in [5.74, 6) is 1.06. The van der Waals surface area contributed by atoms with Crippen molar-refractivity contribution in [3.8, 4) is 11.5 Å². The number of unbranched alkanes of at least 4 members (excludes halogenated alkanes) is 4. The Bertz CT molecular complexity index is 1980. The van der Waals surface area contributed by atoms with Gasteiger partial charge in [0, 0.05) is 30.3 Å². The minimum Gasteiger partial charge on any atom is -0.497 e. The average molecular weight is 844 g/mol. The molecule has 0 spiro atoms. The van der Waals surface area contributed by atoms with Gasteiger partial charge in [-0.3, -0.25) is 14.3 Å². The highest BCUT2D eigenvalue weighted by Gasteiger charge is 2.50. The number of hydrogen-bond donors (Lipinski definition) is 2. The zero-order chi connectivity index (χ0) is 43.1. The van der Waals surface area contributed by atoms with E-state index in [1.54, 1.807) is 14.2 Å². The van der Waals surface area contributed by atoms with E-state index in [4.69, 9.17) is 40.3 Å². The highest BCUT2D eigenvalue weighted by Crippen LogP contribution is 2.53. The Balaban J connectivity index is 1.66.